The van der Waals surface area contributed by atoms with Gasteiger partial charge in [-0.05, 0) is 10.8 Å². The molecule has 0 saturated heterocycles. The number of allylic oxidation sites excluding steroid dienone is 4. The van der Waals surface area contributed by atoms with Crippen molar-refractivity contribution >= 4 is 25.4 Å². The maximum absolute atomic E-state index is 2.99. The third-order valence-corrected chi connectivity index (χ3v) is 5.02. The van der Waals surface area contributed by atoms with Crippen LogP contribution in [0.5, 0.6) is 0 Å². The van der Waals surface area contributed by atoms with E-state index in [1.807, 2.05) is 12.2 Å². The third-order valence-electron chi connectivity index (χ3n) is 5.02. The van der Waals surface area contributed by atoms with Gasteiger partial charge in [0.25, 0.3) is 0 Å². The Morgan fingerprint density at radius 1 is 0.812 bits per heavy atom. The van der Waals surface area contributed by atoms with Crippen LogP contribution in [-0.4, -0.2) is 3.81 Å². The van der Waals surface area contributed by atoms with Gasteiger partial charge in [0.1, 0.15) is 0 Å². The Morgan fingerprint density at radius 3 is 1.47 bits per heavy atom. The molecule has 3 heteroatoms. The topological polar surface area (TPSA) is 0 Å². The van der Waals surface area contributed by atoms with Gasteiger partial charge in [-0.1, -0.05) is 76.9 Å². The van der Waals surface area contributed by atoms with E-state index in [0.717, 1.165) is 6.42 Å². The van der Waals surface area contributed by atoms with Crippen LogP contribution in [-0.2, 0) is 30.8 Å². The van der Waals surface area contributed by atoms with E-state index in [1.165, 1.54) is 36.5 Å². The second-order valence-corrected chi connectivity index (χ2v) is 11.8. The molecule has 1 aliphatic carbocycles. The van der Waals surface area contributed by atoms with E-state index >= 15 is 0 Å². The number of rotatable bonds is 0. The zero-order chi connectivity index (χ0) is 22.5. The van der Waals surface area contributed by atoms with Crippen molar-refractivity contribution < 1.29 is 44.8 Å². The second-order valence-electron chi connectivity index (χ2n) is 10.3. The Hall–Kier alpha value is -1.05. The summed E-state index contributed by atoms with van der Waals surface area (Å²) in [6, 6.07) is 16.2. The number of hydrogen-bond donors (Lipinski definition) is 0. The summed E-state index contributed by atoms with van der Waals surface area (Å²) in [4.78, 5) is 0. The molecule has 0 N–H and O–H groups in total. The maximum atomic E-state index is 2.99. The van der Waals surface area contributed by atoms with Crippen molar-refractivity contribution in [3.05, 3.63) is 77.9 Å². The van der Waals surface area contributed by atoms with Crippen molar-refractivity contribution in [3.63, 3.8) is 0 Å². The molecular weight excluding hydrogens is 467 g/mol. The molecule has 3 aromatic carbocycles. The van der Waals surface area contributed by atoms with Gasteiger partial charge in [-0.25, -0.2) is 12.2 Å². The van der Waals surface area contributed by atoms with Crippen molar-refractivity contribution in [1.29, 1.82) is 0 Å². The number of benzene rings is 2. The Morgan fingerprint density at radius 2 is 1.22 bits per heavy atom. The van der Waals surface area contributed by atoms with E-state index in [1.54, 1.807) is 0 Å². The van der Waals surface area contributed by atoms with Crippen LogP contribution in [0.4, 0.5) is 0 Å². The van der Waals surface area contributed by atoms with E-state index in [-0.39, 0.29) is 35.6 Å². The van der Waals surface area contributed by atoms with E-state index in [9.17, 15) is 0 Å². The van der Waals surface area contributed by atoms with Crippen LogP contribution in [0.25, 0.3) is 21.5 Å². The Bertz CT molecular complexity index is 988. The first-order valence-corrected chi connectivity index (χ1v) is 11.6. The fraction of sp³-hybridized carbons (Fsp3) is 0.379. The molecule has 1 aliphatic rings. The minimum atomic E-state index is 0. The molecule has 0 atom stereocenters. The molecule has 0 fully saturated rings. The van der Waals surface area contributed by atoms with Crippen LogP contribution in [0.15, 0.2) is 60.7 Å². The van der Waals surface area contributed by atoms with Crippen LogP contribution >= 0.6 is 0 Å². The molecule has 0 nitrogen and oxygen atoms in total. The quantitative estimate of drug-likeness (QED) is 0.327. The molecule has 0 aliphatic heterocycles. The molecule has 0 heterocycles. The smallest absolute Gasteiger partial charge is 0.109 e. The standard InChI is InChI=1S/C21H25.C5H5.C3H6.2ClH.Ti/c1-20(2,3)16-7-9-18-14(12-16)11-15-13-17(21(4,5)6)8-10-19(15)18;1-2-4-5-3-1;1-3-2;;;/h7-13H,1-6H3;1-3H,4H2;1-2H3;2*1H;/q2*-1;;;;+2/p-2. The second kappa shape index (κ2) is 13.0. The van der Waals surface area contributed by atoms with Gasteiger partial charge < -0.3 is 24.8 Å². The van der Waals surface area contributed by atoms with Crippen LogP contribution in [0.3, 0.4) is 0 Å². The van der Waals surface area contributed by atoms with Gasteiger partial charge in [0, 0.05) is 0 Å². The molecule has 0 radical (unpaired) electrons. The van der Waals surface area contributed by atoms with E-state index in [0.29, 0.717) is 0 Å². The van der Waals surface area contributed by atoms with Crippen LogP contribution in [0.1, 0.15) is 72.9 Å². The van der Waals surface area contributed by atoms with E-state index in [4.69, 9.17) is 0 Å². The first kappa shape index (κ1) is 31.0. The molecule has 0 saturated carbocycles. The SMILES string of the molecule is CC(C)(C)c1ccc2c(c1)[cH-]c1cc(C(C)(C)C)ccc12.C[C](C)=[Ti+2].[C-]1=CC=CC1.[Cl-].[Cl-]. The average molecular weight is 503 g/mol. The molecule has 0 spiro atoms. The minimum absolute atomic E-state index is 0. The van der Waals surface area contributed by atoms with Crippen molar-refractivity contribution in [2.24, 2.45) is 0 Å². The van der Waals surface area contributed by atoms with Crippen molar-refractivity contribution in [3.8, 4) is 0 Å². The molecule has 32 heavy (non-hydrogen) atoms. The first-order chi connectivity index (χ1) is 13.9. The summed E-state index contributed by atoms with van der Waals surface area (Å²) in [6.45, 7) is 17.8. The van der Waals surface area contributed by atoms with Crippen molar-refractivity contribution in [2.45, 2.75) is 72.6 Å². The van der Waals surface area contributed by atoms with Gasteiger partial charge in [0.15, 0.2) is 0 Å². The fourth-order valence-electron chi connectivity index (χ4n) is 3.30. The molecule has 0 unspecified atom stereocenters. The van der Waals surface area contributed by atoms with Gasteiger partial charge in [-0.3, -0.25) is 6.08 Å². The number of fused-ring (bicyclic) bond motifs is 3. The molecule has 0 amide bonds. The van der Waals surface area contributed by atoms with E-state index < -0.39 is 0 Å². The number of hydrogen-bond acceptors (Lipinski definition) is 0. The molecule has 0 bridgehead atoms. The van der Waals surface area contributed by atoms with E-state index in [2.05, 4.69) is 130 Å². The van der Waals surface area contributed by atoms with Crippen molar-refractivity contribution in [2.75, 3.05) is 0 Å². The zero-order valence-electron chi connectivity index (χ0n) is 20.7. The Balaban J connectivity index is 0.000000739. The predicted octanol–water partition coefficient (Wildman–Crippen LogP) is 2.37. The largest absolute Gasteiger partial charge is 1.00 e. The van der Waals surface area contributed by atoms with Gasteiger partial charge in [-0.2, -0.15) is 6.08 Å². The van der Waals surface area contributed by atoms with Crippen LogP contribution < -0.4 is 24.8 Å². The van der Waals surface area contributed by atoms with Crippen LogP contribution in [0.2, 0.25) is 0 Å². The Labute approximate surface area is 219 Å². The molecular formula is C29H36Cl2Ti-2. The predicted molar refractivity (Wildman–Crippen MR) is 132 cm³/mol. The maximum Gasteiger partial charge on any atom is -0.109 e. The molecule has 4 rings (SSSR count). The summed E-state index contributed by atoms with van der Waals surface area (Å²) in [5, 5.41) is 5.48. The van der Waals surface area contributed by atoms with Crippen LogP contribution in [0, 0.1) is 6.08 Å². The minimum Gasteiger partial charge on any atom is -1.00 e. The van der Waals surface area contributed by atoms with Gasteiger partial charge >= 0.3 is 37.6 Å². The Kier molecular flexibility index (Phi) is 12.6. The normalized spacial score (nSPS) is 12.3. The summed E-state index contributed by atoms with van der Waals surface area (Å²) < 4.78 is 1.42. The first-order valence-electron chi connectivity index (χ1n) is 10.8. The van der Waals surface area contributed by atoms with Gasteiger partial charge in [-0.15, -0.1) is 46.2 Å². The fourth-order valence-corrected chi connectivity index (χ4v) is 3.30. The summed E-state index contributed by atoms with van der Waals surface area (Å²) in [5.41, 5.74) is 3.21. The average Bonchev–Trinajstić information content (AvgIpc) is 3.30. The summed E-state index contributed by atoms with van der Waals surface area (Å²) in [7, 11) is 0. The molecule has 172 valence electrons. The third kappa shape index (κ3) is 9.07. The molecule has 3 aromatic rings. The van der Waals surface area contributed by atoms with Gasteiger partial charge in [0.2, 0.25) is 0 Å². The zero-order valence-corrected chi connectivity index (χ0v) is 23.8. The summed E-state index contributed by atoms with van der Waals surface area (Å²) in [6.07, 6.45) is 10.0. The van der Waals surface area contributed by atoms with Gasteiger partial charge in [0.05, 0.1) is 0 Å². The summed E-state index contributed by atoms with van der Waals surface area (Å²) >= 11 is 2.08. The summed E-state index contributed by atoms with van der Waals surface area (Å²) in [5.74, 6) is 0. The molecule has 0 aromatic heterocycles. The number of halogens is 2. The van der Waals surface area contributed by atoms with Crippen molar-refractivity contribution in [1.82, 2.24) is 0 Å². The monoisotopic (exact) mass is 502 g/mol.